The third kappa shape index (κ3) is 8.01. The van der Waals surface area contributed by atoms with Crippen LogP contribution in [0.2, 0.25) is 0 Å². The number of hydrazone groups is 1. The average Bonchev–Trinajstić information content (AvgIpc) is 3.09. The monoisotopic (exact) mass is 639 g/mol. The maximum atomic E-state index is 13.8. The molecule has 0 amide bonds. The van der Waals surface area contributed by atoms with Crippen molar-refractivity contribution in [2.75, 3.05) is 59.2 Å². The lowest BCUT2D eigenvalue weighted by atomic mass is 9.94. The van der Waals surface area contributed by atoms with Crippen LogP contribution in [0.4, 0.5) is 11.8 Å². The Morgan fingerprint density at radius 3 is 2.53 bits per heavy atom. The van der Waals surface area contributed by atoms with Crippen molar-refractivity contribution in [3.05, 3.63) is 107 Å². The normalized spacial score (nSPS) is 13.9. The lowest BCUT2D eigenvalue weighted by molar-refractivity contribution is 0.0537. The number of nitrogens with zero attached hydrogens (tertiary/aromatic N) is 5. The molecule has 1 atom stereocenters. The molecule has 2 aromatic heterocycles. The van der Waals surface area contributed by atoms with Crippen molar-refractivity contribution in [2.45, 2.75) is 12.5 Å². The number of fused-ring (bicyclic) bond motifs is 1. The number of ketones is 1. The summed E-state index contributed by atoms with van der Waals surface area (Å²) in [5.41, 5.74) is 16.3. The Morgan fingerprint density at radius 2 is 1.79 bits per heavy atom. The van der Waals surface area contributed by atoms with Crippen LogP contribution in [0.25, 0.3) is 0 Å². The van der Waals surface area contributed by atoms with Crippen LogP contribution in [0.3, 0.4) is 0 Å². The van der Waals surface area contributed by atoms with Crippen molar-refractivity contribution in [2.24, 2.45) is 5.10 Å². The fourth-order valence-electron chi connectivity index (χ4n) is 5.09. The van der Waals surface area contributed by atoms with Gasteiger partial charge in [-0.2, -0.15) is 10.1 Å². The highest BCUT2D eigenvalue weighted by Crippen LogP contribution is 2.36. The van der Waals surface area contributed by atoms with E-state index in [1.54, 1.807) is 55.1 Å². The summed E-state index contributed by atoms with van der Waals surface area (Å²) in [5, 5.41) is 6.38. The van der Waals surface area contributed by atoms with Gasteiger partial charge >= 0.3 is 0 Å². The highest BCUT2D eigenvalue weighted by Gasteiger charge is 2.26. The Kier molecular flexibility index (Phi) is 10.9. The minimum absolute atomic E-state index is 0.0837. The van der Waals surface area contributed by atoms with E-state index in [4.69, 9.17) is 35.2 Å². The molecule has 5 rings (SSSR count). The molecule has 0 saturated heterocycles. The number of nitrogens with two attached hydrogens (primary N) is 2. The summed E-state index contributed by atoms with van der Waals surface area (Å²) in [5.74, 6) is 1.21. The van der Waals surface area contributed by atoms with Gasteiger partial charge in [-0.25, -0.2) is 9.97 Å². The Labute approximate surface area is 272 Å². The number of rotatable bonds is 15. The van der Waals surface area contributed by atoms with Crippen LogP contribution in [0, 0.1) is 0 Å². The second-order valence-corrected chi connectivity index (χ2v) is 10.4. The van der Waals surface area contributed by atoms with Gasteiger partial charge in [0.25, 0.3) is 0 Å². The number of carbonyl (C=O) groups excluding carboxylic acids is 1. The molecule has 0 fully saturated rings. The van der Waals surface area contributed by atoms with Gasteiger partial charge in [0.05, 0.1) is 45.8 Å². The molecule has 1 unspecified atom stereocenters. The Bertz CT molecular complexity index is 1750. The predicted octanol–water partition coefficient (Wildman–Crippen LogP) is 3.82. The van der Waals surface area contributed by atoms with E-state index in [2.05, 4.69) is 20.1 Å². The second-order valence-electron chi connectivity index (χ2n) is 10.4. The van der Waals surface area contributed by atoms with Gasteiger partial charge in [-0.15, -0.1) is 0 Å². The van der Waals surface area contributed by atoms with Crippen molar-refractivity contribution in [3.8, 4) is 17.4 Å². The number of pyridine rings is 1. The summed E-state index contributed by atoms with van der Waals surface area (Å²) in [7, 11) is 4.63. The minimum Gasteiger partial charge on any atom is -0.493 e. The smallest absolute Gasteiger partial charge is 0.221 e. The number of nitrogen functional groups attached to an aromatic ring is 2. The Morgan fingerprint density at radius 1 is 0.957 bits per heavy atom. The third-order valence-corrected chi connectivity index (χ3v) is 7.36. The number of aromatic nitrogens is 3. The molecule has 0 bridgehead atoms. The molecule has 4 aromatic rings. The zero-order valence-electron chi connectivity index (χ0n) is 26.5. The molecule has 0 spiro atoms. The van der Waals surface area contributed by atoms with Crippen LogP contribution >= 0.6 is 0 Å². The summed E-state index contributed by atoms with van der Waals surface area (Å²) >= 11 is 0. The van der Waals surface area contributed by atoms with Gasteiger partial charge in [-0.3, -0.25) is 9.80 Å². The van der Waals surface area contributed by atoms with E-state index < -0.39 is 0 Å². The average molecular weight is 640 g/mol. The van der Waals surface area contributed by atoms with E-state index in [9.17, 15) is 4.79 Å². The molecular formula is C34H37N7O6. The van der Waals surface area contributed by atoms with E-state index in [0.717, 1.165) is 22.3 Å². The van der Waals surface area contributed by atoms with Crippen LogP contribution in [0.15, 0.2) is 78.3 Å². The largest absolute Gasteiger partial charge is 0.493 e. The Balaban J connectivity index is 1.39. The third-order valence-electron chi connectivity index (χ3n) is 7.36. The van der Waals surface area contributed by atoms with Gasteiger partial charge in [-0.05, 0) is 34.9 Å². The highest BCUT2D eigenvalue weighted by molar-refractivity contribution is 6.07. The quantitative estimate of drug-likeness (QED) is 0.110. The molecule has 3 heterocycles. The molecule has 47 heavy (non-hydrogen) atoms. The maximum Gasteiger partial charge on any atom is 0.221 e. The number of hydrogen-bond acceptors (Lipinski definition) is 13. The number of allylic oxidation sites excluding steroid dienone is 1. The van der Waals surface area contributed by atoms with Crippen molar-refractivity contribution in [1.82, 2.24) is 20.0 Å². The second kappa shape index (κ2) is 15.7. The summed E-state index contributed by atoms with van der Waals surface area (Å²) in [6.07, 6.45) is 8.52. The van der Waals surface area contributed by atoms with E-state index in [1.807, 2.05) is 30.3 Å². The van der Waals surface area contributed by atoms with Crippen LogP contribution in [0.1, 0.15) is 44.2 Å². The van der Waals surface area contributed by atoms with Crippen molar-refractivity contribution in [3.63, 3.8) is 0 Å². The van der Waals surface area contributed by atoms with Crippen LogP contribution in [0.5, 0.6) is 17.4 Å². The number of hydrogen-bond donors (Lipinski definition) is 2. The predicted molar refractivity (Wildman–Crippen MR) is 177 cm³/mol. The van der Waals surface area contributed by atoms with E-state index in [-0.39, 0.29) is 23.6 Å². The zero-order chi connectivity index (χ0) is 33.2. The SMILES string of the molecule is COCCOCCOc1ccc(C2c3ccccc3C=NN2/C=C/C(=O)c2cc(Cc3cnc(N)nc3N)cc(OC)c2OC)cn1. The summed E-state index contributed by atoms with van der Waals surface area (Å²) < 4.78 is 27.3. The van der Waals surface area contributed by atoms with Crippen molar-refractivity contribution < 1.29 is 28.5 Å². The molecule has 0 aliphatic carbocycles. The molecule has 1 aliphatic heterocycles. The van der Waals surface area contributed by atoms with E-state index in [0.29, 0.717) is 61.4 Å². The first-order chi connectivity index (χ1) is 22.9. The molecule has 1 aliphatic rings. The van der Waals surface area contributed by atoms with Crippen molar-refractivity contribution in [1.29, 1.82) is 0 Å². The number of ether oxygens (including phenoxy) is 5. The van der Waals surface area contributed by atoms with Crippen molar-refractivity contribution >= 4 is 23.8 Å². The summed E-state index contributed by atoms with van der Waals surface area (Å²) in [6.45, 7) is 1.81. The molecule has 244 valence electrons. The van der Waals surface area contributed by atoms with Crippen LogP contribution in [-0.2, 0) is 15.9 Å². The van der Waals surface area contributed by atoms with E-state index >= 15 is 0 Å². The molecule has 4 N–H and O–H groups in total. The Hall–Kier alpha value is -5.53. The fourth-order valence-corrected chi connectivity index (χ4v) is 5.09. The molecule has 2 aromatic carbocycles. The molecule has 0 saturated carbocycles. The van der Waals surface area contributed by atoms with Crippen LogP contribution in [-0.4, -0.2) is 79.7 Å². The first kappa shape index (κ1) is 32.9. The molecule has 13 nitrogen and oxygen atoms in total. The number of benzene rings is 2. The highest BCUT2D eigenvalue weighted by atomic mass is 16.5. The standard InChI is InChI=1S/C34H37N7O6/c1-43-12-13-46-14-15-47-30-9-8-24(19-37-30)31-26-7-5-4-6-23(26)21-39-41(31)11-10-28(42)27-17-22(18-29(44-2)32(27)45-3)16-25-20-38-34(36)40-33(25)35/h4-11,17-21,31H,12-16H2,1-3H3,(H4,35,36,38,40)/b11-10+. The molecule has 0 radical (unpaired) electrons. The lowest BCUT2D eigenvalue weighted by Gasteiger charge is -2.31. The lowest BCUT2D eigenvalue weighted by Crippen LogP contribution is -2.25. The summed E-state index contributed by atoms with van der Waals surface area (Å²) in [4.78, 5) is 26.3. The maximum absolute atomic E-state index is 13.8. The van der Waals surface area contributed by atoms with Gasteiger partial charge in [0, 0.05) is 55.4 Å². The van der Waals surface area contributed by atoms with Gasteiger partial charge in [0.1, 0.15) is 18.5 Å². The minimum atomic E-state index is -0.351. The van der Waals surface area contributed by atoms with Crippen LogP contribution < -0.4 is 25.7 Å². The summed E-state index contributed by atoms with van der Waals surface area (Å²) in [6, 6.07) is 14.9. The van der Waals surface area contributed by atoms with Gasteiger partial charge in [-0.1, -0.05) is 24.3 Å². The fraction of sp³-hybridized carbons (Fsp3) is 0.265. The van der Waals surface area contributed by atoms with Gasteiger partial charge in [0.2, 0.25) is 11.8 Å². The zero-order valence-corrected chi connectivity index (χ0v) is 26.5. The van der Waals surface area contributed by atoms with Gasteiger partial charge < -0.3 is 35.2 Å². The molecular weight excluding hydrogens is 602 g/mol. The van der Waals surface area contributed by atoms with E-state index in [1.165, 1.54) is 20.3 Å². The van der Waals surface area contributed by atoms with Gasteiger partial charge in [0.15, 0.2) is 17.3 Å². The first-order valence-electron chi connectivity index (χ1n) is 14.8. The first-order valence-corrected chi connectivity index (χ1v) is 14.8. The molecule has 13 heteroatoms. The number of methoxy groups -OCH3 is 3. The number of anilines is 2. The topological polar surface area (TPSA) is 170 Å². The number of carbonyl (C=O) groups is 1.